The third-order valence-corrected chi connectivity index (χ3v) is 2.21. The molecule has 1 fully saturated rings. The number of carbonyl (C=O) groups is 1. The van der Waals surface area contributed by atoms with E-state index >= 15 is 0 Å². The fourth-order valence-electron chi connectivity index (χ4n) is 1.80. The van der Waals surface area contributed by atoms with Gasteiger partial charge in [0.05, 0.1) is 0 Å². The Bertz CT molecular complexity index is 172. The summed E-state index contributed by atoms with van der Waals surface area (Å²) in [5.41, 5.74) is 0. The van der Waals surface area contributed by atoms with Crippen molar-refractivity contribution in [3.05, 3.63) is 0 Å². The summed E-state index contributed by atoms with van der Waals surface area (Å²) in [5.74, 6) is 0. The van der Waals surface area contributed by atoms with Crippen LogP contribution in [0.4, 0.5) is 0 Å². The maximum absolute atomic E-state index is 10.6. The second-order valence-electron chi connectivity index (χ2n) is 3.52. The fraction of sp³-hybridized carbons (Fsp3) is 0.875. The summed E-state index contributed by atoms with van der Waals surface area (Å²) in [4.78, 5) is 10.6. The summed E-state index contributed by atoms with van der Waals surface area (Å²) in [6.45, 7) is 6.02. The van der Waals surface area contributed by atoms with Crippen LogP contribution in [0.1, 0.15) is 27.2 Å². The number of nitrogens with zero attached hydrogens (tertiary/aromatic N) is 2. The predicted molar refractivity (Wildman–Crippen MR) is 45.0 cm³/mol. The maximum atomic E-state index is 10.6. The predicted octanol–water partition coefficient (Wildman–Crippen LogP) is 0.181. The molecule has 1 saturated heterocycles. The highest BCUT2D eigenvalue weighted by Gasteiger charge is 2.36. The zero-order valence-electron chi connectivity index (χ0n) is 7.77. The zero-order valence-corrected chi connectivity index (χ0v) is 7.77. The Morgan fingerprint density at radius 2 is 2.17 bits per heavy atom. The molecule has 1 amide bonds. The van der Waals surface area contributed by atoms with Gasteiger partial charge in [0.2, 0.25) is 6.41 Å². The van der Waals surface area contributed by atoms with E-state index in [0.29, 0.717) is 12.8 Å². The highest BCUT2D eigenvalue weighted by Crippen LogP contribution is 2.23. The van der Waals surface area contributed by atoms with Gasteiger partial charge in [-0.05, 0) is 20.8 Å². The summed E-state index contributed by atoms with van der Waals surface area (Å²) in [6.07, 6.45) is 0.686. The molecule has 1 N–H and O–H groups in total. The highest BCUT2D eigenvalue weighted by molar-refractivity contribution is 5.47. The molecule has 4 nitrogen and oxygen atoms in total. The number of hydrogen-bond donors (Lipinski definition) is 1. The van der Waals surface area contributed by atoms with Crippen LogP contribution in [0.25, 0.3) is 0 Å². The van der Waals surface area contributed by atoms with Gasteiger partial charge >= 0.3 is 0 Å². The van der Waals surface area contributed by atoms with Crippen LogP contribution in [0.3, 0.4) is 0 Å². The Hall–Kier alpha value is -0.610. The van der Waals surface area contributed by atoms with Gasteiger partial charge in [-0.25, -0.2) is 10.0 Å². The minimum absolute atomic E-state index is 0.241. The number of aliphatic hydroxyl groups is 1. The smallest absolute Gasteiger partial charge is 0.226 e. The van der Waals surface area contributed by atoms with E-state index in [2.05, 4.69) is 0 Å². The molecule has 1 aliphatic heterocycles. The highest BCUT2D eigenvalue weighted by atomic mass is 16.3. The number of rotatable bonds is 2. The molecule has 0 aromatic rings. The van der Waals surface area contributed by atoms with E-state index < -0.39 is 6.23 Å². The third-order valence-electron chi connectivity index (χ3n) is 2.21. The molecule has 0 aromatic heterocycles. The van der Waals surface area contributed by atoms with Crippen LogP contribution in [0, 0.1) is 0 Å². The Kier molecular flexibility index (Phi) is 2.69. The van der Waals surface area contributed by atoms with E-state index in [1.54, 1.807) is 0 Å². The molecule has 70 valence electrons. The van der Waals surface area contributed by atoms with Gasteiger partial charge < -0.3 is 5.11 Å². The molecule has 0 unspecified atom stereocenters. The van der Waals surface area contributed by atoms with Crippen LogP contribution in [-0.2, 0) is 4.79 Å². The molecule has 12 heavy (non-hydrogen) atoms. The van der Waals surface area contributed by atoms with Crippen LogP contribution >= 0.6 is 0 Å². The lowest BCUT2D eigenvalue weighted by Crippen LogP contribution is -2.46. The number of carbonyl (C=O) groups excluding carboxylic acids is 1. The topological polar surface area (TPSA) is 43.8 Å². The van der Waals surface area contributed by atoms with Gasteiger partial charge in [0, 0.05) is 18.5 Å². The second-order valence-corrected chi connectivity index (χ2v) is 3.52. The quantitative estimate of drug-likeness (QED) is 0.604. The fourth-order valence-corrected chi connectivity index (χ4v) is 1.80. The summed E-state index contributed by atoms with van der Waals surface area (Å²) < 4.78 is 0. The standard InChI is InChI=1S/C8H16N2O2/c1-6(2)10-7(3)4-8(12)9(10)5-11/h5-8,12H,4H2,1-3H3/t7-,8+/m0/s1. The molecule has 1 heterocycles. The lowest BCUT2D eigenvalue weighted by molar-refractivity contribution is -0.151. The number of amides is 1. The van der Waals surface area contributed by atoms with Crippen molar-refractivity contribution in [3.63, 3.8) is 0 Å². The zero-order chi connectivity index (χ0) is 9.30. The molecular weight excluding hydrogens is 156 g/mol. The Morgan fingerprint density at radius 1 is 1.58 bits per heavy atom. The summed E-state index contributed by atoms with van der Waals surface area (Å²) in [5, 5.41) is 12.7. The van der Waals surface area contributed by atoms with Crippen molar-refractivity contribution < 1.29 is 9.90 Å². The van der Waals surface area contributed by atoms with E-state index in [9.17, 15) is 9.90 Å². The summed E-state index contributed by atoms with van der Waals surface area (Å²) in [6, 6.07) is 0.493. The van der Waals surface area contributed by atoms with Crippen molar-refractivity contribution in [3.8, 4) is 0 Å². The van der Waals surface area contributed by atoms with Gasteiger partial charge in [-0.3, -0.25) is 4.79 Å². The van der Waals surface area contributed by atoms with Crippen molar-refractivity contribution >= 4 is 6.41 Å². The molecule has 0 saturated carbocycles. The Balaban J connectivity index is 2.74. The SMILES string of the molecule is CC(C)N1[C@@H](C)C[C@@H](O)N1C=O. The molecule has 0 aromatic carbocycles. The normalized spacial score (nSPS) is 31.6. The van der Waals surface area contributed by atoms with Crippen molar-refractivity contribution in [2.24, 2.45) is 0 Å². The minimum atomic E-state index is -0.639. The van der Waals surface area contributed by atoms with Crippen LogP contribution in [0.5, 0.6) is 0 Å². The van der Waals surface area contributed by atoms with Crippen LogP contribution in [0.2, 0.25) is 0 Å². The molecule has 0 bridgehead atoms. The second kappa shape index (κ2) is 3.41. The summed E-state index contributed by atoms with van der Waals surface area (Å²) in [7, 11) is 0. The van der Waals surface area contributed by atoms with E-state index in [4.69, 9.17) is 0 Å². The molecule has 0 radical (unpaired) electrons. The van der Waals surface area contributed by atoms with Gasteiger partial charge in [-0.1, -0.05) is 0 Å². The van der Waals surface area contributed by atoms with Crippen molar-refractivity contribution in [1.29, 1.82) is 0 Å². The van der Waals surface area contributed by atoms with E-state index in [1.165, 1.54) is 5.01 Å². The van der Waals surface area contributed by atoms with Gasteiger partial charge in [0.1, 0.15) is 6.23 Å². The lowest BCUT2D eigenvalue weighted by atomic mass is 10.2. The first-order chi connectivity index (χ1) is 5.57. The van der Waals surface area contributed by atoms with E-state index in [0.717, 1.165) is 0 Å². The maximum Gasteiger partial charge on any atom is 0.226 e. The van der Waals surface area contributed by atoms with Crippen LogP contribution < -0.4 is 0 Å². The molecule has 1 aliphatic rings. The number of aliphatic hydroxyl groups excluding tert-OH is 1. The first-order valence-electron chi connectivity index (χ1n) is 4.28. The van der Waals surface area contributed by atoms with Gasteiger partial charge in [0.15, 0.2) is 0 Å². The Morgan fingerprint density at radius 3 is 2.50 bits per heavy atom. The average molecular weight is 172 g/mol. The van der Waals surface area contributed by atoms with Gasteiger partial charge in [0.25, 0.3) is 0 Å². The third kappa shape index (κ3) is 1.44. The molecule has 0 aliphatic carbocycles. The molecule has 1 rings (SSSR count). The first-order valence-corrected chi connectivity index (χ1v) is 4.28. The van der Waals surface area contributed by atoms with Gasteiger partial charge in [-0.2, -0.15) is 0 Å². The molecule has 2 atom stereocenters. The number of hydrazine groups is 1. The van der Waals surface area contributed by atoms with Crippen molar-refractivity contribution in [2.75, 3.05) is 0 Å². The van der Waals surface area contributed by atoms with Crippen LogP contribution in [-0.4, -0.2) is 39.8 Å². The largest absolute Gasteiger partial charge is 0.372 e. The summed E-state index contributed by atoms with van der Waals surface area (Å²) >= 11 is 0. The van der Waals surface area contributed by atoms with E-state index in [1.807, 2.05) is 25.8 Å². The first kappa shape index (κ1) is 9.48. The number of hydrogen-bond acceptors (Lipinski definition) is 3. The molecular formula is C8H16N2O2. The molecule has 4 heteroatoms. The Labute approximate surface area is 72.7 Å². The van der Waals surface area contributed by atoms with Crippen molar-refractivity contribution in [1.82, 2.24) is 10.0 Å². The van der Waals surface area contributed by atoms with Crippen LogP contribution in [0.15, 0.2) is 0 Å². The van der Waals surface area contributed by atoms with Gasteiger partial charge in [-0.15, -0.1) is 0 Å². The van der Waals surface area contributed by atoms with E-state index in [-0.39, 0.29) is 12.1 Å². The minimum Gasteiger partial charge on any atom is -0.372 e. The lowest BCUT2D eigenvalue weighted by Gasteiger charge is -2.32. The average Bonchev–Trinajstić information content (AvgIpc) is 2.24. The van der Waals surface area contributed by atoms with Crippen molar-refractivity contribution in [2.45, 2.75) is 45.5 Å². The monoisotopic (exact) mass is 172 g/mol. The molecule has 0 spiro atoms.